The van der Waals surface area contributed by atoms with Crippen molar-refractivity contribution in [1.82, 2.24) is 0 Å². The van der Waals surface area contributed by atoms with E-state index in [4.69, 9.17) is 11.6 Å². The molecular formula is C12H13ClO. The van der Waals surface area contributed by atoms with Crippen molar-refractivity contribution in [3.8, 4) is 5.75 Å². The van der Waals surface area contributed by atoms with E-state index in [0.29, 0.717) is 16.7 Å². The van der Waals surface area contributed by atoms with Crippen LogP contribution in [0.4, 0.5) is 0 Å². The van der Waals surface area contributed by atoms with Crippen LogP contribution in [0.15, 0.2) is 30.4 Å². The van der Waals surface area contributed by atoms with Crippen molar-refractivity contribution < 1.29 is 5.11 Å². The van der Waals surface area contributed by atoms with Crippen molar-refractivity contribution in [2.45, 2.75) is 25.2 Å². The predicted octanol–water partition coefficient (Wildman–Crippen LogP) is 3.87. The van der Waals surface area contributed by atoms with Crippen LogP contribution >= 0.6 is 11.6 Å². The van der Waals surface area contributed by atoms with Gasteiger partial charge in [-0.15, -0.1) is 0 Å². The van der Waals surface area contributed by atoms with E-state index < -0.39 is 0 Å². The fourth-order valence-corrected chi connectivity index (χ4v) is 2.07. The highest BCUT2D eigenvalue weighted by atomic mass is 35.5. The van der Waals surface area contributed by atoms with Crippen LogP contribution in [0.1, 0.15) is 30.7 Å². The minimum atomic E-state index is 0.336. The second-order valence-electron chi connectivity index (χ2n) is 3.67. The second-order valence-corrected chi connectivity index (χ2v) is 4.11. The van der Waals surface area contributed by atoms with Gasteiger partial charge in [-0.25, -0.2) is 0 Å². The van der Waals surface area contributed by atoms with E-state index in [0.717, 1.165) is 18.4 Å². The lowest BCUT2D eigenvalue weighted by Gasteiger charge is -2.17. The number of aromatic hydroxyl groups is 1. The SMILES string of the molecule is Oc1ccc(Cl)cc1C1C=CCCC1. The van der Waals surface area contributed by atoms with Crippen LogP contribution in [-0.2, 0) is 0 Å². The molecule has 1 aromatic carbocycles. The number of allylic oxidation sites excluding steroid dienone is 2. The Morgan fingerprint density at radius 2 is 2.21 bits per heavy atom. The second kappa shape index (κ2) is 4.05. The van der Waals surface area contributed by atoms with Crippen LogP contribution in [0, 0.1) is 0 Å². The fraction of sp³-hybridized carbons (Fsp3) is 0.333. The standard InChI is InChI=1S/C12H13ClO/c13-10-6-7-12(14)11(8-10)9-4-2-1-3-5-9/h2,4,6-9,14H,1,3,5H2. The van der Waals surface area contributed by atoms with Crippen molar-refractivity contribution in [3.63, 3.8) is 0 Å². The molecule has 0 aromatic heterocycles. The first kappa shape index (κ1) is 9.60. The zero-order valence-electron chi connectivity index (χ0n) is 7.91. The predicted molar refractivity (Wildman–Crippen MR) is 58.8 cm³/mol. The van der Waals surface area contributed by atoms with Crippen molar-refractivity contribution in [2.24, 2.45) is 0 Å². The Balaban J connectivity index is 2.34. The third-order valence-corrected chi connectivity index (χ3v) is 2.88. The fourth-order valence-electron chi connectivity index (χ4n) is 1.89. The Labute approximate surface area is 89.0 Å². The molecule has 0 aliphatic heterocycles. The Morgan fingerprint density at radius 1 is 1.36 bits per heavy atom. The van der Waals surface area contributed by atoms with Crippen molar-refractivity contribution in [1.29, 1.82) is 0 Å². The summed E-state index contributed by atoms with van der Waals surface area (Å²) >= 11 is 5.90. The maximum atomic E-state index is 9.69. The van der Waals surface area contributed by atoms with Gasteiger partial charge in [0.05, 0.1) is 0 Å². The third-order valence-electron chi connectivity index (χ3n) is 2.64. The number of phenols is 1. The molecule has 2 heteroatoms. The summed E-state index contributed by atoms with van der Waals surface area (Å²) in [5, 5.41) is 10.4. The van der Waals surface area contributed by atoms with Gasteiger partial charge in [-0.2, -0.15) is 0 Å². The van der Waals surface area contributed by atoms with Crippen LogP contribution < -0.4 is 0 Å². The van der Waals surface area contributed by atoms with Gasteiger partial charge in [0.15, 0.2) is 0 Å². The van der Waals surface area contributed by atoms with Crippen LogP contribution in [0.25, 0.3) is 0 Å². The molecule has 1 unspecified atom stereocenters. The molecule has 74 valence electrons. The number of benzene rings is 1. The molecule has 14 heavy (non-hydrogen) atoms. The van der Waals surface area contributed by atoms with Crippen molar-refractivity contribution in [3.05, 3.63) is 40.9 Å². The monoisotopic (exact) mass is 208 g/mol. The summed E-state index contributed by atoms with van der Waals surface area (Å²) in [6.07, 6.45) is 7.78. The van der Waals surface area contributed by atoms with Gasteiger partial charge < -0.3 is 5.11 Å². The lowest BCUT2D eigenvalue weighted by Crippen LogP contribution is -1.99. The van der Waals surface area contributed by atoms with Gasteiger partial charge >= 0.3 is 0 Å². The molecule has 0 heterocycles. The Morgan fingerprint density at radius 3 is 2.93 bits per heavy atom. The molecule has 0 bridgehead atoms. The molecule has 0 amide bonds. The molecule has 2 rings (SSSR count). The highest BCUT2D eigenvalue weighted by Gasteiger charge is 2.14. The maximum absolute atomic E-state index is 9.69. The molecule has 1 atom stereocenters. The molecule has 1 nitrogen and oxygen atoms in total. The highest BCUT2D eigenvalue weighted by Crippen LogP contribution is 2.34. The first-order chi connectivity index (χ1) is 6.77. The molecule has 1 N–H and O–H groups in total. The summed E-state index contributed by atoms with van der Waals surface area (Å²) in [4.78, 5) is 0. The summed E-state index contributed by atoms with van der Waals surface area (Å²) in [5.74, 6) is 0.688. The Bertz CT molecular complexity index is 357. The van der Waals surface area contributed by atoms with Gasteiger partial charge in [0, 0.05) is 16.5 Å². The molecule has 1 aliphatic carbocycles. The highest BCUT2D eigenvalue weighted by molar-refractivity contribution is 6.30. The van der Waals surface area contributed by atoms with E-state index in [1.165, 1.54) is 6.42 Å². The third kappa shape index (κ3) is 1.93. The van der Waals surface area contributed by atoms with Crippen LogP contribution in [-0.4, -0.2) is 5.11 Å². The molecular weight excluding hydrogens is 196 g/mol. The number of hydrogen-bond acceptors (Lipinski definition) is 1. The summed E-state index contributed by atoms with van der Waals surface area (Å²) < 4.78 is 0. The molecule has 1 aliphatic rings. The van der Waals surface area contributed by atoms with Gasteiger partial charge in [-0.3, -0.25) is 0 Å². The average Bonchev–Trinajstić information content (AvgIpc) is 2.23. The topological polar surface area (TPSA) is 20.2 Å². The summed E-state index contributed by atoms with van der Waals surface area (Å²) in [6, 6.07) is 5.24. The lowest BCUT2D eigenvalue weighted by molar-refractivity contribution is 0.462. The van der Waals surface area contributed by atoms with Gasteiger partial charge in [-0.05, 0) is 37.5 Å². The van der Waals surface area contributed by atoms with Crippen LogP contribution in [0.5, 0.6) is 5.75 Å². The van der Waals surface area contributed by atoms with Crippen LogP contribution in [0.2, 0.25) is 5.02 Å². The smallest absolute Gasteiger partial charge is 0.119 e. The average molecular weight is 209 g/mol. The van der Waals surface area contributed by atoms with Gasteiger partial charge in [0.1, 0.15) is 5.75 Å². The Hall–Kier alpha value is -0.950. The van der Waals surface area contributed by atoms with E-state index in [9.17, 15) is 5.11 Å². The number of rotatable bonds is 1. The van der Waals surface area contributed by atoms with Gasteiger partial charge in [-0.1, -0.05) is 23.8 Å². The quantitative estimate of drug-likeness (QED) is 0.695. The summed E-state index contributed by atoms with van der Waals surface area (Å²) in [5.41, 5.74) is 0.952. The minimum Gasteiger partial charge on any atom is -0.508 e. The molecule has 0 spiro atoms. The zero-order chi connectivity index (χ0) is 9.97. The minimum absolute atomic E-state index is 0.336. The van der Waals surface area contributed by atoms with E-state index >= 15 is 0 Å². The summed E-state index contributed by atoms with van der Waals surface area (Å²) in [7, 11) is 0. The Kier molecular flexibility index (Phi) is 2.78. The normalized spacial score (nSPS) is 21.1. The van der Waals surface area contributed by atoms with Gasteiger partial charge in [0.25, 0.3) is 0 Å². The van der Waals surface area contributed by atoms with Crippen LogP contribution in [0.3, 0.4) is 0 Å². The van der Waals surface area contributed by atoms with E-state index in [2.05, 4.69) is 12.2 Å². The first-order valence-electron chi connectivity index (χ1n) is 4.92. The molecule has 0 radical (unpaired) electrons. The lowest BCUT2D eigenvalue weighted by atomic mass is 9.89. The molecule has 1 aromatic rings. The summed E-state index contributed by atoms with van der Waals surface area (Å²) in [6.45, 7) is 0. The number of phenolic OH excluding ortho intramolecular Hbond substituents is 1. The van der Waals surface area contributed by atoms with Gasteiger partial charge in [0.2, 0.25) is 0 Å². The number of halogens is 1. The maximum Gasteiger partial charge on any atom is 0.119 e. The zero-order valence-corrected chi connectivity index (χ0v) is 8.67. The van der Waals surface area contributed by atoms with Crippen molar-refractivity contribution in [2.75, 3.05) is 0 Å². The van der Waals surface area contributed by atoms with E-state index in [-0.39, 0.29) is 0 Å². The van der Waals surface area contributed by atoms with Crippen molar-refractivity contribution >= 4 is 11.6 Å². The first-order valence-corrected chi connectivity index (χ1v) is 5.30. The van der Waals surface area contributed by atoms with E-state index in [1.807, 2.05) is 6.07 Å². The van der Waals surface area contributed by atoms with E-state index in [1.54, 1.807) is 12.1 Å². The largest absolute Gasteiger partial charge is 0.508 e. The number of hydrogen-bond donors (Lipinski definition) is 1. The molecule has 0 saturated carbocycles. The molecule has 0 fully saturated rings. The molecule has 0 saturated heterocycles.